The van der Waals surface area contributed by atoms with Crippen LogP contribution < -0.4 is 5.73 Å². The Labute approximate surface area is 115 Å². The molecule has 0 amide bonds. The van der Waals surface area contributed by atoms with Crippen molar-refractivity contribution >= 4 is 15.7 Å². The second kappa shape index (κ2) is 5.90. The highest BCUT2D eigenvalue weighted by atomic mass is 32.2. The smallest absolute Gasteiger partial charge is 0.211 e. The quantitative estimate of drug-likeness (QED) is 0.812. The minimum Gasteiger partial charge on any atom is -0.399 e. The first-order chi connectivity index (χ1) is 8.95. The first-order valence-electron chi connectivity index (χ1n) is 6.47. The molecule has 106 valence electrons. The van der Waals surface area contributed by atoms with Crippen molar-refractivity contribution in [1.29, 1.82) is 0 Å². The first-order valence-corrected chi connectivity index (χ1v) is 8.32. The number of anilines is 1. The number of nitrogens with two attached hydrogens (primary N) is 1. The van der Waals surface area contributed by atoms with Crippen LogP contribution in [0.2, 0.25) is 0 Å². The Bertz CT molecular complexity index is 522. The second-order valence-corrected chi connectivity index (χ2v) is 6.98. The van der Waals surface area contributed by atoms with E-state index in [-0.39, 0.29) is 0 Å². The zero-order valence-corrected chi connectivity index (χ0v) is 12.1. The normalized spacial score (nSPS) is 18.6. The molecule has 1 saturated heterocycles. The summed E-state index contributed by atoms with van der Waals surface area (Å²) in [5, 5.41) is 0. The highest BCUT2D eigenvalue weighted by Gasteiger charge is 2.22. The highest BCUT2D eigenvalue weighted by molar-refractivity contribution is 7.88. The molecule has 2 rings (SSSR count). The van der Waals surface area contributed by atoms with Crippen LogP contribution in [-0.4, -0.2) is 56.6 Å². The van der Waals surface area contributed by atoms with E-state index in [1.165, 1.54) is 11.8 Å². The van der Waals surface area contributed by atoms with Gasteiger partial charge in [-0.25, -0.2) is 8.42 Å². The molecule has 0 bridgehead atoms. The van der Waals surface area contributed by atoms with Gasteiger partial charge in [0, 0.05) is 38.4 Å². The Kier molecular flexibility index (Phi) is 4.44. The molecule has 5 nitrogen and oxygen atoms in total. The molecule has 1 fully saturated rings. The maximum Gasteiger partial charge on any atom is 0.211 e. The summed E-state index contributed by atoms with van der Waals surface area (Å²) in [5.74, 6) is 0. The van der Waals surface area contributed by atoms with Crippen LogP contribution in [-0.2, 0) is 16.4 Å². The molecule has 1 aliphatic rings. The number of rotatable bonds is 4. The summed E-state index contributed by atoms with van der Waals surface area (Å²) in [6.45, 7) is 3.73. The monoisotopic (exact) mass is 283 g/mol. The summed E-state index contributed by atoms with van der Waals surface area (Å²) in [4.78, 5) is 2.30. The van der Waals surface area contributed by atoms with E-state index in [4.69, 9.17) is 5.73 Å². The summed E-state index contributed by atoms with van der Waals surface area (Å²) in [7, 11) is -3.03. The number of benzene rings is 1. The van der Waals surface area contributed by atoms with Gasteiger partial charge in [-0.1, -0.05) is 12.1 Å². The number of nitrogens with zero attached hydrogens (tertiary/aromatic N) is 2. The van der Waals surface area contributed by atoms with Crippen LogP contribution in [0.4, 0.5) is 5.69 Å². The lowest BCUT2D eigenvalue weighted by atomic mass is 10.1. The standard InChI is InChI=1S/C13H21N3O2S/c1-19(17,18)16-9-7-15(8-10-16)6-5-12-3-2-4-13(14)11-12/h2-4,11H,5-10,14H2,1H3. The maximum atomic E-state index is 11.4. The predicted molar refractivity (Wildman–Crippen MR) is 77.4 cm³/mol. The van der Waals surface area contributed by atoms with Gasteiger partial charge in [-0.3, -0.25) is 0 Å². The Morgan fingerprint density at radius 1 is 1.21 bits per heavy atom. The van der Waals surface area contributed by atoms with Crippen molar-refractivity contribution in [2.24, 2.45) is 0 Å². The van der Waals surface area contributed by atoms with Gasteiger partial charge in [0.1, 0.15) is 0 Å². The van der Waals surface area contributed by atoms with Crippen molar-refractivity contribution in [2.75, 3.05) is 44.7 Å². The number of sulfonamides is 1. The Balaban J connectivity index is 1.80. The van der Waals surface area contributed by atoms with Crippen molar-refractivity contribution in [3.63, 3.8) is 0 Å². The zero-order valence-electron chi connectivity index (χ0n) is 11.2. The van der Waals surface area contributed by atoms with E-state index in [0.717, 1.165) is 31.7 Å². The third-order valence-electron chi connectivity index (χ3n) is 3.47. The van der Waals surface area contributed by atoms with Gasteiger partial charge in [-0.2, -0.15) is 4.31 Å². The van der Waals surface area contributed by atoms with Crippen LogP contribution in [0.5, 0.6) is 0 Å². The SMILES string of the molecule is CS(=O)(=O)N1CCN(CCc2cccc(N)c2)CC1. The van der Waals surface area contributed by atoms with Gasteiger partial charge in [0.25, 0.3) is 0 Å². The molecule has 0 atom stereocenters. The lowest BCUT2D eigenvalue weighted by Crippen LogP contribution is -2.48. The van der Waals surface area contributed by atoms with Gasteiger partial charge in [-0.05, 0) is 24.1 Å². The molecule has 1 heterocycles. The van der Waals surface area contributed by atoms with Crippen LogP contribution in [0.3, 0.4) is 0 Å². The summed E-state index contributed by atoms with van der Waals surface area (Å²) >= 11 is 0. The lowest BCUT2D eigenvalue weighted by molar-refractivity contribution is 0.191. The predicted octanol–water partition coefficient (Wildman–Crippen LogP) is 0.389. The third kappa shape index (κ3) is 4.19. The van der Waals surface area contributed by atoms with Crippen molar-refractivity contribution in [3.8, 4) is 0 Å². The van der Waals surface area contributed by atoms with E-state index < -0.39 is 10.0 Å². The molecule has 1 aromatic carbocycles. The van der Waals surface area contributed by atoms with Crippen LogP contribution in [0.1, 0.15) is 5.56 Å². The van der Waals surface area contributed by atoms with Gasteiger partial charge in [0.15, 0.2) is 0 Å². The Hall–Kier alpha value is -1.11. The third-order valence-corrected chi connectivity index (χ3v) is 4.77. The van der Waals surface area contributed by atoms with Crippen molar-refractivity contribution in [3.05, 3.63) is 29.8 Å². The fraction of sp³-hybridized carbons (Fsp3) is 0.538. The molecule has 0 aliphatic carbocycles. The minimum atomic E-state index is -3.03. The number of hydrogen-bond donors (Lipinski definition) is 1. The molecule has 19 heavy (non-hydrogen) atoms. The average molecular weight is 283 g/mol. The van der Waals surface area contributed by atoms with Crippen molar-refractivity contribution in [2.45, 2.75) is 6.42 Å². The highest BCUT2D eigenvalue weighted by Crippen LogP contribution is 2.10. The molecule has 1 aliphatic heterocycles. The molecular formula is C13H21N3O2S. The molecule has 0 aromatic heterocycles. The van der Waals surface area contributed by atoms with Crippen LogP contribution in [0, 0.1) is 0 Å². The van der Waals surface area contributed by atoms with Crippen molar-refractivity contribution < 1.29 is 8.42 Å². The fourth-order valence-corrected chi connectivity index (χ4v) is 3.15. The van der Waals surface area contributed by atoms with Gasteiger partial charge in [-0.15, -0.1) is 0 Å². The topological polar surface area (TPSA) is 66.6 Å². The second-order valence-electron chi connectivity index (χ2n) is 5.00. The summed E-state index contributed by atoms with van der Waals surface area (Å²) < 4.78 is 24.4. The summed E-state index contributed by atoms with van der Waals surface area (Å²) in [6, 6.07) is 7.91. The van der Waals surface area contributed by atoms with E-state index >= 15 is 0 Å². The fourth-order valence-electron chi connectivity index (χ4n) is 2.32. The van der Waals surface area contributed by atoms with Gasteiger partial charge >= 0.3 is 0 Å². The maximum absolute atomic E-state index is 11.4. The van der Waals surface area contributed by atoms with Gasteiger partial charge in [0.2, 0.25) is 10.0 Å². The van der Waals surface area contributed by atoms with Crippen LogP contribution in [0.15, 0.2) is 24.3 Å². The zero-order chi connectivity index (χ0) is 13.9. The van der Waals surface area contributed by atoms with E-state index in [1.807, 2.05) is 18.2 Å². The Morgan fingerprint density at radius 2 is 1.89 bits per heavy atom. The van der Waals surface area contributed by atoms with E-state index in [2.05, 4.69) is 11.0 Å². The molecule has 6 heteroatoms. The van der Waals surface area contributed by atoms with Gasteiger partial charge in [0.05, 0.1) is 6.26 Å². The van der Waals surface area contributed by atoms with E-state index in [0.29, 0.717) is 13.1 Å². The number of hydrogen-bond acceptors (Lipinski definition) is 4. The molecule has 2 N–H and O–H groups in total. The summed E-state index contributed by atoms with van der Waals surface area (Å²) in [6.07, 6.45) is 2.22. The van der Waals surface area contributed by atoms with Crippen LogP contribution in [0.25, 0.3) is 0 Å². The van der Waals surface area contributed by atoms with Crippen molar-refractivity contribution in [1.82, 2.24) is 9.21 Å². The molecule has 0 unspecified atom stereocenters. The average Bonchev–Trinajstić information content (AvgIpc) is 2.36. The molecule has 0 spiro atoms. The van der Waals surface area contributed by atoms with Crippen LogP contribution >= 0.6 is 0 Å². The van der Waals surface area contributed by atoms with Gasteiger partial charge < -0.3 is 10.6 Å². The van der Waals surface area contributed by atoms with E-state index in [1.54, 1.807) is 4.31 Å². The first kappa shape index (κ1) is 14.3. The Morgan fingerprint density at radius 3 is 2.47 bits per heavy atom. The minimum absolute atomic E-state index is 0.593. The summed E-state index contributed by atoms with van der Waals surface area (Å²) in [5.41, 5.74) is 7.76. The number of piperazine rings is 1. The molecule has 0 radical (unpaired) electrons. The number of nitrogen functional groups attached to an aromatic ring is 1. The molecule has 0 saturated carbocycles. The van der Waals surface area contributed by atoms with E-state index in [9.17, 15) is 8.42 Å². The molecular weight excluding hydrogens is 262 g/mol. The largest absolute Gasteiger partial charge is 0.399 e. The lowest BCUT2D eigenvalue weighted by Gasteiger charge is -2.33. The molecule has 1 aromatic rings.